The largest absolute Gasteiger partial charge is 0.452 e. The highest BCUT2D eigenvalue weighted by molar-refractivity contribution is 5.94. The number of hydrogen-bond donors (Lipinski definition) is 1. The van der Waals surface area contributed by atoms with E-state index in [4.69, 9.17) is 4.74 Å². The number of rotatable bonds is 7. The molecule has 2 aromatic rings. The molecule has 0 radical (unpaired) electrons. The van der Waals surface area contributed by atoms with Crippen molar-refractivity contribution in [2.24, 2.45) is 0 Å². The zero-order chi connectivity index (χ0) is 19.3. The molecule has 0 spiro atoms. The number of ether oxygens (including phenoxy) is 1. The Morgan fingerprint density at radius 1 is 1.31 bits per heavy atom. The van der Waals surface area contributed by atoms with Crippen molar-refractivity contribution < 1.29 is 14.3 Å². The van der Waals surface area contributed by atoms with E-state index in [9.17, 15) is 14.4 Å². The SMILES string of the molecule is CCCC(C)NC(=O)COC(=O)c1ccc2c(c1)nc(C)c(=O)n2CC. The van der Waals surface area contributed by atoms with Crippen molar-refractivity contribution >= 4 is 22.9 Å². The van der Waals surface area contributed by atoms with E-state index in [-0.39, 0.29) is 24.1 Å². The molecule has 1 amide bonds. The van der Waals surface area contributed by atoms with Gasteiger partial charge in [0.25, 0.3) is 11.5 Å². The van der Waals surface area contributed by atoms with E-state index in [0.29, 0.717) is 28.8 Å². The summed E-state index contributed by atoms with van der Waals surface area (Å²) in [5.74, 6) is -0.923. The van der Waals surface area contributed by atoms with Gasteiger partial charge in [-0.15, -0.1) is 0 Å². The molecule has 1 atom stereocenters. The first kappa shape index (κ1) is 19.6. The summed E-state index contributed by atoms with van der Waals surface area (Å²) in [4.78, 5) is 40.4. The van der Waals surface area contributed by atoms with E-state index in [1.807, 2.05) is 20.8 Å². The number of fused-ring (bicyclic) bond motifs is 1. The molecule has 1 heterocycles. The fourth-order valence-electron chi connectivity index (χ4n) is 2.85. The maximum Gasteiger partial charge on any atom is 0.338 e. The molecule has 0 aliphatic heterocycles. The Bertz CT molecular complexity index is 873. The predicted octanol–water partition coefficient (Wildman–Crippen LogP) is 2.19. The Morgan fingerprint density at radius 3 is 2.69 bits per heavy atom. The average Bonchev–Trinajstić information content (AvgIpc) is 2.60. The molecule has 0 aliphatic carbocycles. The lowest BCUT2D eigenvalue weighted by Gasteiger charge is -2.13. The van der Waals surface area contributed by atoms with Gasteiger partial charge in [-0.1, -0.05) is 13.3 Å². The second-order valence-electron chi connectivity index (χ2n) is 6.28. The minimum atomic E-state index is -0.598. The summed E-state index contributed by atoms with van der Waals surface area (Å²) >= 11 is 0. The average molecular weight is 359 g/mol. The van der Waals surface area contributed by atoms with Gasteiger partial charge < -0.3 is 14.6 Å². The van der Waals surface area contributed by atoms with Gasteiger partial charge >= 0.3 is 5.97 Å². The van der Waals surface area contributed by atoms with Crippen molar-refractivity contribution in [3.8, 4) is 0 Å². The minimum absolute atomic E-state index is 0.0461. The standard InChI is InChI=1S/C19H25N3O4/c1-5-7-12(3)20-17(23)11-26-19(25)14-8-9-16-15(10-14)21-13(4)18(24)22(16)6-2/h8-10,12H,5-7,11H2,1-4H3,(H,20,23). The Morgan fingerprint density at radius 2 is 2.04 bits per heavy atom. The number of nitrogens with one attached hydrogen (secondary N) is 1. The van der Waals surface area contributed by atoms with E-state index >= 15 is 0 Å². The Hall–Kier alpha value is -2.70. The third-order valence-corrected chi connectivity index (χ3v) is 4.12. The lowest BCUT2D eigenvalue weighted by Crippen LogP contribution is -2.35. The number of benzene rings is 1. The highest BCUT2D eigenvalue weighted by Gasteiger charge is 2.14. The smallest absolute Gasteiger partial charge is 0.338 e. The molecule has 0 saturated heterocycles. The van der Waals surface area contributed by atoms with Crippen LogP contribution >= 0.6 is 0 Å². The molecular weight excluding hydrogens is 334 g/mol. The monoisotopic (exact) mass is 359 g/mol. The number of hydrogen-bond acceptors (Lipinski definition) is 5. The van der Waals surface area contributed by atoms with Gasteiger partial charge in [-0.25, -0.2) is 9.78 Å². The first-order chi connectivity index (χ1) is 12.4. The van der Waals surface area contributed by atoms with Gasteiger partial charge in [-0.3, -0.25) is 9.59 Å². The van der Waals surface area contributed by atoms with E-state index < -0.39 is 5.97 Å². The van der Waals surface area contributed by atoms with Gasteiger partial charge in [0.2, 0.25) is 0 Å². The first-order valence-corrected chi connectivity index (χ1v) is 8.85. The second kappa shape index (κ2) is 8.60. The van der Waals surface area contributed by atoms with Crippen LogP contribution in [0.15, 0.2) is 23.0 Å². The van der Waals surface area contributed by atoms with Crippen molar-refractivity contribution in [3.63, 3.8) is 0 Å². The van der Waals surface area contributed by atoms with Crippen molar-refractivity contribution in [3.05, 3.63) is 39.8 Å². The molecule has 1 N–H and O–H groups in total. The molecule has 1 aromatic carbocycles. The molecule has 7 heteroatoms. The predicted molar refractivity (Wildman–Crippen MR) is 99.2 cm³/mol. The van der Waals surface area contributed by atoms with Gasteiger partial charge in [-0.05, 0) is 45.4 Å². The normalized spacial score (nSPS) is 12.0. The molecule has 140 valence electrons. The topological polar surface area (TPSA) is 90.3 Å². The van der Waals surface area contributed by atoms with Crippen LogP contribution in [0.4, 0.5) is 0 Å². The van der Waals surface area contributed by atoms with Crippen LogP contribution in [0.5, 0.6) is 0 Å². The van der Waals surface area contributed by atoms with E-state index in [0.717, 1.165) is 12.8 Å². The lowest BCUT2D eigenvalue weighted by atomic mass is 10.2. The summed E-state index contributed by atoms with van der Waals surface area (Å²) < 4.78 is 6.69. The van der Waals surface area contributed by atoms with Crippen molar-refractivity contribution in [2.45, 2.75) is 53.1 Å². The number of amides is 1. The molecule has 2 rings (SSSR count). The maximum atomic E-state index is 12.2. The summed E-state index contributed by atoms with van der Waals surface area (Å²) in [6.45, 7) is 7.65. The molecule has 7 nitrogen and oxygen atoms in total. The number of nitrogens with zero attached hydrogens (tertiary/aromatic N) is 2. The van der Waals surface area contributed by atoms with Gasteiger partial charge in [-0.2, -0.15) is 0 Å². The second-order valence-corrected chi connectivity index (χ2v) is 6.28. The summed E-state index contributed by atoms with van der Waals surface area (Å²) in [7, 11) is 0. The third kappa shape index (κ3) is 4.47. The number of aryl methyl sites for hydroxylation is 2. The van der Waals surface area contributed by atoms with Gasteiger partial charge in [0.05, 0.1) is 16.6 Å². The zero-order valence-corrected chi connectivity index (χ0v) is 15.7. The van der Waals surface area contributed by atoms with Crippen LogP contribution in [0, 0.1) is 6.92 Å². The van der Waals surface area contributed by atoms with E-state index in [2.05, 4.69) is 10.3 Å². The first-order valence-electron chi connectivity index (χ1n) is 8.85. The van der Waals surface area contributed by atoms with Crippen molar-refractivity contribution in [2.75, 3.05) is 6.61 Å². The highest BCUT2D eigenvalue weighted by Crippen LogP contribution is 2.14. The molecule has 0 aliphatic rings. The molecular formula is C19H25N3O4. The number of carbonyl (C=O) groups is 2. The molecule has 0 bridgehead atoms. The lowest BCUT2D eigenvalue weighted by molar-refractivity contribution is -0.124. The number of carbonyl (C=O) groups excluding carboxylic acids is 2. The highest BCUT2D eigenvalue weighted by atomic mass is 16.5. The maximum absolute atomic E-state index is 12.2. The van der Waals surface area contributed by atoms with E-state index in [1.54, 1.807) is 29.7 Å². The van der Waals surface area contributed by atoms with Crippen LogP contribution in [0.25, 0.3) is 11.0 Å². The summed E-state index contributed by atoms with van der Waals surface area (Å²) in [5.41, 5.74) is 1.72. The van der Waals surface area contributed by atoms with Crippen LogP contribution < -0.4 is 10.9 Å². The number of aromatic nitrogens is 2. The van der Waals surface area contributed by atoms with Crippen LogP contribution in [0.2, 0.25) is 0 Å². The fourth-order valence-corrected chi connectivity index (χ4v) is 2.85. The third-order valence-electron chi connectivity index (χ3n) is 4.12. The Balaban J connectivity index is 2.12. The van der Waals surface area contributed by atoms with Gasteiger partial charge in [0.15, 0.2) is 6.61 Å². The van der Waals surface area contributed by atoms with Crippen molar-refractivity contribution in [1.82, 2.24) is 14.9 Å². The summed E-state index contributed by atoms with van der Waals surface area (Å²) in [5, 5.41) is 2.78. The van der Waals surface area contributed by atoms with Crippen LogP contribution in [-0.4, -0.2) is 34.1 Å². The number of esters is 1. The Kier molecular flexibility index (Phi) is 6.49. The van der Waals surface area contributed by atoms with Gasteiger partial charge in [0.1, 0.15) is 5.69 Å². The summed E-state index contributed by atoms with van der Waals surface area (Å²) in [6.07, 6.45) is 1.84. The fraction of sp³-hybridized carbons (Fsp3) is 0.474. The minimum Gasteiger partial charge on any atom is -0.452 e. The Labute approximate surface area is 152 Å². The summed E-state index contributed by atoms with van der Waals surface area (Å²) in [6, 6.07) is 4.87. The molecule has 1 unspecified atom stereocenters. The van der Waals surface area contributed by atoms with Crippen LogP contribution in [-0.2, 0) is 16.1 Å². The molecule has 0 saturated carbocycles. The molecule has 0 fully saturated rings. The van der Waals surface area contributed by atoms with Crippen LogP contribution in [0.3, 0.4) is 0 Å². The van der Waals surface area contributed by atoms with E-state index in [1.165, 1.54) is 0 Å². The van der Waals surface area contributed by atoms with Crippen molar-refractivity contribution in [1.29, 1.82) is 0 Å². The van der Waals surface area contributed by atoms with Gasteiger partial charge in [0, 0.05) is 12.6 Å². The van der Waals surface area contributed by atoms with Crippen LogP contribution in [0.1, 0.15) is 49.7 Å². The molecule has 26 heavy (non-hydrogen) atoms. The zero-order valence-electron chi connectivity index (χ0n) is 15.7. The quantitative estimate of drug-likeness (QED) is 0.765. The molecule has 1 aromatic heterocycles.